The molecule has 0 aliphatic rings. The number of hydrogen-bond acceptors (Lipinski definition) is 10. The van der Waals surface area contributed by atoms with Crippen LogP contribution in [0.15, 0.2) is 73.8 Å². The third kappa shape index (κ3) is 4.84. The monoisotopic (exact) mass is 542 g/mol. The van der Waals surface area contributed by atoms with E-state index in [9.17, 15) is 50.4 Å². The average Bonchev–Trinajstić information content (AvgIpc) is 2.87. The first kappa shape index (κ1) is 27.1. The third-order valence-corrected chi connectivity index (χ3v) is 6.15. The maximum Gasteiger partial charge on any atom is 0.200 e. The fourth-order valence-corrected chi connectivity index (χ4v) is 4.10. The van der Waals surface area contributed by atoms with Gasteiger partial charge >= 0.3 is 0 Å². The fourth-order valence-electron chi connectivity index (χ4n) is 4.10. The molecule has 0 saturated heterocycles. The van der Waals surface area contributed by atoms with Crippen LogP contribution in [0.25, 0.3) is 22.3 Å². The van der Waals surface area contributed by atoms with Crippen molar-refractivity contribution in [3.8, 4) is 57.1 Å². The molecule has 10 heteroatoms. The molecule has 0 spiro atoms. The zero-order valence-electron chi connectivity index (χ0n) is 20.6. The van der Waals surface area contributed by atoms with Crippen molar-refractivity contribution in [2.45, 2.75) is 0 Å². The van der Waals surface area contributed by atoms with Gasteiger partial charge in [-0.3, -0.25) is 9.59 Å². The van der Waals surface area contributed by atoms with E-state index in [1.54, 1.807) is 0 Å². The second-order valence-corrected chi connectivity index (χ2v) is 8.80. The fraction of sp³-hybridized carbons (Fsp3) is 0. The summed E-state index contributed by atoms with van der Waals surface area (Å²) in [6.45, 7) is 7.43. The number of carbonyl (C=O) groups excluding carboxylic acids is 2. The number of phenols is 8. The van der Waals surface area contributed by atoms with Crippen LogP contribution in [0.2, 0.25) is 0 Å². The van der Waals surface area contributed by atoms with E-state index in [0.29, 0.717) is 0 Å². The third-order valence-electron chi connectivity index (χ3n) is 6.15. The molecule has 8 N–H and O–H groups in total. The molecule has 0 amide bonds. The largest absolute Gasteiger partial charge is 0.508 e. The summed E-state index contributed by atoms with van der Waals surface area (Å²) in [4.78, 5) is 26.0. The predicted octanol–water partition coefficient (Wildman–Crippen LogP) is 4.79. The molecule has 10 nitrogen and oxygen atoms in total. The Balaban J connectivity index is 1.74. The lowest BCUT2D eigenvalue weighted by Gasteiger charge is -2.14. The summed E-state index contributed by atoms with van der Waals surface area (Å²) in [6, 6.07) is 11.2. The molecule has 0 bridgehead atoms. The molecule has 0 atom stereocenters. The molecule has 4 aromatic carbocycles. The zero-order valence-corrected chi connectivity index (χ0v) is 20.6. The van der Waals surface area contributed by atoms with Crippen LogP contribution in [0.5, 0.6) is 46.0 Å². The molecule has 0 heterocycles. The van der Waals surface area contributed by atoms with Crippen molar-refractivity contribution >= 4 is 22.7 Å². The van der Waals surface area contributed by atoms with Crippen LogP contribution < -0.4 is 0 Å². The highest BCUT2D eigenvalue weighted by molar-refractivity contribution is 6.31. The van der Waals surface area contributed by atoms with Gasteiger partial charge in [0.25, 0.3) is 0 Å². The molecule has 4 aromatic rings. The average molecular weight is 542 g/mol. The Morgan fingerprint density at radius 3 is 1.05 bits per heavy atom. The first-order chi connectivity index (χ1) is 18.8. The van der Waals surface area contributed by atoms with Crippen LogP contribution in [0.1, 0.15) is 31.8 Å². The minimum atomic E-state index is -0.878. The van der Waals surface area contributed by atoms with E-state index in [1.807, 2.05) is 0 Å². The highest BCUT2D eigenvalue weighted by atomic mass is 16.3. The van der Waals surface area contributed by atoms with Gasteiger partial charge in [0.2, 0.25) is 11.6 Å². The molecular formula is C30H22O10. The van der Waals surface area contributed by atoms with Crippen molar-refractivity contribution in [2.75, 3.05) is 0 Å². The smallest absolute Gasteiger partial charge is 0.200 e. The van der Waals surface area contributed by atoms with E-state index in [4.69, 9.17) is 0 Å². The number of aromatic hydroxyl groups is 8. The number of ketones is 2. The summed E-state index contributed by atoms with van der Waals surface area (Å²) in [6.07, 6.45) is 0. The standard InChI is InChI=1S/C30H22O10/c1-13(29(39)27-23(35)9-17(31)10-24(27)36)15-3-5-21(33)19(7-15)20-8-16(4-6-22(20)34)14(2)30(40)28-25(37)11-18(32)12-26(28)38/h3-12,31-38H,1-2H2. The maximum absolute atomic E-state index is 13.0. The molecular weight excluding hydrogens is 520 g/mol. The Kier molecular flexibility index (Phi) is 6.86. The Bertz CT molecular complexity index is 1570. The van der Waals surface area contributed by atoms with E-state index in [2.05, 4.69) is 13.2 Å². The van der Waals surface area contributed by atoms with Crippen molar-refractivity contribution in [3.63, 3.8) is 0 Å². The Hall–Kier alpha value is -5.90. The van der Waals surface area contributed by atoms with E-state index in [1.165, 1.54) is 36.4 Å². The second kappa shape index (κ2) is 10.1. The van der Waals surface area contributed by atoms with E-state index in [-0.39, 0.29) is 44.9 Å². The van der Waals surface area contributed by atoms with Gasteiger partial charge in [-0.1, -0.05) is 25.3 Å². The molecule has 202 valence electrons. The molecule has 40 heavy (non-hydrogen) atoms. The molecule has 0 aromatic heterocycles. The van der Waals surface area contributed by atoms with Crippen molar-refractivity contribution < 1.29 is 50.4 Å². The minimum Gasteiger partial charge on any atom is -0.508 e. The van der Waals surface area contributed by atoms with Gasteiger partial charge in [-0.2, -0.15) is 0 Å². The minimum absolute atomic E-state index is 0.0144. The van der Waals surface area contributed by atoms with Gasteiger partial charge in [0.05, 0.1) is 0 Å². The van der Waals surface area contributed by atoms with Crippen molar-refractivity contribution in [2.24, 2.45) is 0 Å². The normalized spacial score (nSPS) is 10.7. The van der Waals surface area contributed by atoms with Crippen LogP contribution in [0.3, 0.4) is 0 Å². The summed E-state index contributed by atoms with van der Waals surface area (Å²) >= 11 is 0. The number of phenolic OH excluding ortho intramolecular Hbond substituents is 8. The van der Waals surface area contributed by atoms with Crippen LogP contribution in [-0.4, -0.2) is 52.4 Å². The lowest BCUT2D eigenvalue weighted by Crippen LogP contribution is -2.04. The second-order valence-electron chi connectivity index (χ2n) is 8.80. The van der Waals surface area contributed by atoms with E-state index in [0.717, 1.165) is 24.3 Å². The Labute approximate surface area is 226 Å². The van der Waals surface area contributed by atoms with Gasteiger partial charge < -0.3 is 40.9 Å². The van der Waals surface area contributed by atoms with Crippen molar-refractivity contribution in [1.29, 1.82) is 0 Å². The highest BCUT2D eigenvalue weighted by Crippen LogP contribution is 2.41. The SMILES string of the molecule is C=C(C(=O)c1c(O)cc(O)cc1O)c1ccc(O)c(-c2cc(C(=C)C(=O)c3c(O)cc(O)cc3O)ccc2O)c1. The summed E-state index contributed by atoms with van der Waals surface area (Å²) in [5.41, 5.74) is -1.10. The topological polar surface area (TPSA) is 196 Å². The Morgan fingerprint density at radius 1 is 0.450 bits per heavy atom. The van der Waals surface area contributed by atoms with Crippen molar-refractivity contribution in [1.82, 2.24) is 0 Å². The number of allylic oxidation sites excluding steroid dienone is 2. The number of carbonyl (C=O) groups is 2. The molecule has 0 unspecified atom stereocenters. The lowest BCUT2D eigenvalue weighted by molar-refractivity contribution is 0.104. The maximum atomic E-state index is 13.0. The van der Waals surface area contributed by atoms with Crippen LogP contribution in [0, 0.1) is 0 Å². The van der Waals surface area contributed by atoms with Gasteiger partial charge in [-0.15, -0.1) is 0 Å². The summed E-state index contributed by atoms with van der Waals surface area (Å²) in [5.74, 6) is -6.04. The molecule has 0 aliphatic heterocycles. The molecule has 0 fully saturated rings. The summed E-state index contributed by atoms with van der Waals surface area (Å²) in [7, 11) is 0. The van der Waals surface area contributed by atoms with Crippen LogP contribution in [-0.2, 0) is 0 Å². The molecule has 0 radical (unpaired) electrons. The number of hydrogen-bond donors (Lipinski definition) is 8. The number of benzene rings is 4. The Morgan fingerprint density at radius 2 is 0.750 bits per heavy atom. The summed E-state index contributed by atoms with van der Waals surface area (Å²) in [5, 5.41) is 80.5. The summed E-state index contributed by atoms with van der Waals surface area (Å²) < 4.78 is 0. The number of Topliss-reactive ketones (excluding diaryl/α,β-unsaturated/α-hetero) is 2. The van der Waals surface area contributed by atoms with Gasteiger partial charge in [0, 0.05) is 46.5 Å². The molecule has 0 saturated carbocycles. The zero-order chi connectivity index (χ0) is 29.5. The highest BCUT2D eigenvalue weighted by Gasteiger charge is 2.24. The predicted molar refractivity (Wildman–Crippen MR) is 145 cm³/mol. The molecule has 4 rings (SSSR count). The number of rotatable bonds is 7. The quantitative estimate of drug-likeness (QED) is 0.119. The van der Waals surface area contributed by atoms with E-state index < -0.39 is 57.2 Å². The first-order valence-corrected chi connectivity index (χ1v) is 11.4. The van der Waals surface area contributed by atoms with Gasteiger partial charge in [0.1, 0.15) is 57.1 Å². The van der Waals surface area contributed by atoms with Crippen LogP contribution in [0.4, 0.5) is 0 Å². The first-order valence-electron chi connectivity index (χ1n) is 11.4. The molecule has 0 aliphatic carbocycles. The van der Waals surface area contributed by atoms with E-state index >= 15 is 0 Å². The van der Waals surface area contributed by atoms with Gasteiger partial charge in [-0.25, -0.2) is 0 Å². The van der Waals surface area contributed by atoms with Gasteiger partial charge in [0.15, 0.2) is 0 Å². The van der Waals surface area contributed by atoms with Crippen LogP contribution >= 0.6 is 0 Å². The van der Waals surface area contributed by atoms with Crippen molar-refractivity contribution in [3.05, 3.63) is 96.1 Å². The van der Waals surface area contributed by atoms with Gasteiger partial charge in [-0.05, 0) is 35.4 Å². The lowest BCUT2D eigenvalue weighted by atomic mass is 9.91.